The highest BCUT2D eigenvalue weighted by atomic mass is 19.1. The van der Waals surface area contributed by atoms with Gasteiger partial charge < -0.3 is 10.0 Å². The van der Waals surface area contributed by atoms with E-state index in [4.69, 9.17) is 0 Å². The van der Waals surface area contributed by atoms with Gasteiger partial charge in [0.15, 0.2) is 0 Å². The standard InChI is InChI=1S/C19H25FN4O2/c20-15-4-6-16(7-5-15)22-12-9-21(10-13-22)11-14-24-18(25)17-3-1-2-8-23(17)19(24)26/h4-7,25H,1-3,8-14H2. The lowest BCUT2D eigenvalue weighted by molar-refractivity contribution is 0.242. The average Bonchev–Trinajstić information content (AvgIpc) is 2.92. The minimum atomic E-state index is -0.215. The topological polar surface area (TPSA) is 53.6 Å². The Balaban J connectivity index is 1.35. The first kappa shape index (κ1) is 17.1. The van der Waals surface area contributed by atoms with Gasteiger partial charge in [0.2, 0.25) is 5.88 Å². The highest BCUT2D eigenvalue weighted by Crippen LogP contribution is 2.22. The first-order valence-electron chi connectivity index (χ1n) is 9.37. The third-order valence-electron chi connectivity index (χ3n) is 5.55. The number of fused-ring (bicyclic) bond motifs is 1. The van der Waals surface area contributed by atoms with Crippen molar-refractivity contribution < 1.29 is 9.50 Å². The first-order valence-corrected chi connectivity index (χ1v) is 9.37. The number of aromatic nitrogens is 2. The van der Waals surface area contributed by atoms with Crippen LogP contribution in [0.1, 0.15) is 18.5 Å². The summed E-state index contributed by atoms with van der Waals surface area (Å²) >= 11 is 0. The fourth-order valence-electron chi connectivity index (χ4n) is 3.99. The van der Waals surface area contributed by atoms with Crippen molar-refractivity contribution in [3.05, 3.63) is 46.3 Å². The summed E-state index contributed by atoms with van der Waals surface area (Å²) in [6.45, 7) is 5.50. The summed E-state index contributed by atoms with van der Waals surface area (Å²) < 4.78 is 16.3. The van der Waals surface area contributed by atoms with E-state index in [1.165, 1.54) is 16.7 Å². The molecule has 2 aliphatic rings. The fraction of sp³-hybridized carbons (Fsp3) is 0.526. The molecular weight excluding hydrogens is 335 g/mol. The second-order valence-corrected chi connectivity index (χ2v) is 7.12. The Labute approximate surface area is 152 Å². The molecule has 1 aromatic heterocycles. The van der Waals surface area contributed by atoms with Crippen molar-refractivity contribution in [3.8, 4) is 5.88 Å². The minimum absolute atomic E-state index is 0.0813. The third-order valence-corrected chi connectivity index (χ3v) is 5.55. The molecule has 0 saturated carbocycles. The smallest absolute Gasteiger partial charge is 0.331 e. The Morgan fingerprint density at radius 2 is 1.69 bits per heavy atom. The van der Waals surface area contributed by atoms with E-state index < -0.39 is 0 Å². The highest BCUT2D eigenvalue weighted by Gasteiger charge is 2.23. The Morgan fingerprint density at radius 1 is 0.962 bits per heavy atom. The summed E-state index contributed by atoms with van der Waals surface area (Å²) in [6, 6.07) is 6.61. The van der Waals surface area contributed by atoms with Crippen molar-refractivity contribution >= 4 is 5.69 Å². The van der Waals surface area contributed by atoms with Gasteiger partial charge in [-0.2, -0.15) is 0 Å². The van der Waals surface area contributed by atoms with Gasteiger partial charge in [-0.3, -0.25) is 14.0 Å². The SMILES string of the molecule is O=c1n(CCN2CCN(c3ccc(F)cc3)CC2)c(O)c2n1CCCC2. The van der Waals surface area contributed by atoms with Crippen molar-refractivity contribution in [2.75, 3.05) is 37.6 Å². The Kier molecular flexibility index (Phi) is 4.72. The van der Waals surface area contributed by atoms with E-state index in [9.17, 15) is 14.3 Å². The molecule has 140 valence electrons. The predicted molar refractivity (Wildman–Crippen MR) is 98.3 cm³/mol. The molecule has 2 aromatic rings. The maximum Gasteiger partial charge on any atom is 0.331 e. The van der Waals surface area contributed by atoms with Crippen LogP contribution in [0.4, 0.5) is 10.1 Å². The number of hydrogen-bond donors (Lipinski definition) is 1. The third kappa shape index (κ3) is 3.23. The van der Waals surface area contributed by atoms with E-state index in [1.807, 2.05) is 12.1 Å². The molecule has 0 unspecified atom stereocenters. The molecule has 7 heteroatoms. The summed E-state index contributed by atoms with van der Waals surface area (Å²) in [4.78, 5) is 17.0. The maximum atomic E-state index is 13.1. The number of rotatable bonds is 4. The number of benzene rings is 1. The maximum absolute atomic E-state index is 13.1. The zero-order valence-electron chi connectivity index (χ0n) is 14.9. The van der Waals surface area contributed by atoms with Gasteiger partial charge >= 0.3 is 5.69 Å². The lowest BCUT2D eigenvalue weighted by Gasteiger charge is -2.36. The second kappa shape index (κ2) is 7.15. The summed E-state index contributed by atoms with van der Waals surface area (Å²) in [6.07, 6.45) is 2.81. The van der Waals surface area contributed by atoms with Gasteiger partial charge in [0, 0.05) is 51.5 Å². The van der Waals surface area contributed by atoms with Crippen molar-refractivity contribution in [2.45, 2.75) is 32.4 Å². The molecule has 1 fully saturated rings. The zero-order valence-corrected chi connectivity index (χ0v) is 14.9. The summed E-state index contributed by atoms with van der Waals surface area (Å²) in [5.74, 6) is -0.0625. The monoisotopic (exact) mass is 360 g/mol. The number of anilines is 1. The molecule has 0 aliphatic carbocycles. The van der Waals surface area contributed by atoms with Crippen LogP contribution in [0.15, 0.2) is 29.1 Å². The lowest BCUT2D eigenvalue weighted by atomic mass is 10.1. The summed E-state index contributed by atoms with van der Waals surface area (Å²) in [5.41, 5.74) is 1.75. The van der Waals surface area contributed by atoms with Gasteiger partial charge in [-0.25, -0.2) is 9.18 Å². The van der Waals surface area contributed by atoms with Gasteiger partial charge in [0.1, 0.15) is 5.82 Å². The van der Waals surface area contributed by atoms with Crippen molar-refractivity contribution in [3.63, 3.8) is 0 Å². The van der Waals surface area contributed by atoms with Crippen LogP contribution < -0.4 is 10.6 Å². The van der Waals surface area contributed by atoms with E-state index >= 15 is 0 Å². The van der Waals surface area contributed by atoms with Crippen LogP contribution in [0.3, 0.4) is 0 Å². The van der Waals surface area contributed by atoms with E-state index in [0.717, 1.165) is 63.4 Å². The van der Waals surface area contributed by atoms with Crippen molar-refractivity contribution in [1.82, 2.24) is 14.0 Å². The number of aromatic hydroxyl groups is 1. The normalized spacial score (nSPS) is 18.1. The van der Waals surface area contributed by atoms with Crippen molar-refractivity contribution in [2.24, 2.45) is 0 Å². The van der Waals surface area contributed by atoms with Gasteiger partial charge in [-0.15, -0.1) is 0 Å². The first-order chi connectivity index (χ1) is 12.6. The van der Waals surface area contributed by atoms with Crippen LogP contribution in [0.2, 0.25) is 0 Å². The molecule has 1 aromatic carbocycles. The quantitative estimate of drug-likeness (QED) is 0.901. The number of imidazole rings is 1. The van der Waals surface area contributed by atoms with Crippen molar-refractivity contribution in [1.29, 1.82) is 0 Å². The molecule has 0 amide bonds. The fourth-order valence-corrected chi connectivity index (χ4v) is 3.99. The van der Waals surface area contributed by atoms with Crippen LogP contribution in [0.5, 0.6) is 5.88 Å². The zero-order chi connectivity index (χ0) is 18.1. The molecule has 3 heterocycles. The average molecular weight is 360 g/mol. The Bertz CT molecular complexity index is 819. The molecule has 0 radical (unpaired) electrons. The molecule has 0 spiro atoms. The number of piperazine rings is 1. The van der Waals surface area contributed by atoms with Crippen LogP contribution in [0, 0.1) is 5.82 Å². The van der Waals surface area contributed by atoms with Crippen LogP contribution in [-0.2, 0) is 19.5 Å². The van der Waals surface area contributed by atoms with Crippen LogP contribution in [-0.4, -0.2) is 51.9 Å². The second-order valence-electron chi connectivity index (χ2n) is 7.12. The summed E-state index contributed by atoms with van der Waals surface area (Å²) in [7, 11) is 0. The largest absolute Gasteiger partial charge is 0.493 e. The lowest BCUT2D eigenvalue weighted by Crippen LogP contribution is -2.47. The van der Waals surface area contributed by atoms with Gasteiger partial charge in [0.25, 0.3) is 0 Å². The van der Waals surface area contributed by atoms with E-state index in [-0.39, 0.29) is 17.4 Å². The Morgan fingerprint density at radius 3 is 2.38 bits per heavy atom. The molecule has 26 heavy (non-hydrogen) atoms. The molecule has 2 aliphatic heterocycles. The molecule has 0 atom stereocenters. The number of hydrogen-bond acceptors (Lipinski definition) is 4. The minimum Gasteiger partial charge on any atom is -0.493 e. The molecule has 1 saturated heterocycles. The molecule has 0 bridgehead atoms. The molecule has 6 nitrogen and oxygen atoms in total. The van der Waals surface area contributed by atoms with Crippen LogP contribution in [0.25, 0.3) is 0 Å². The van der Waals surface area contributed by atoms with Gasteiger partial charge in [-0.05, 0) is 43.5 Å². The number of halogens is 1. The predicted octanol–water partition coefficient (Wildman–Crippen LogP) is 1.65. The van der Waals surface area contributed by atoms with Gasteiger partial charge in [0.05, 0.1) is 5.69 Å². The highest BCUT2D eigenvalue weighted by molar-refractivity contribution is 5.46. The van der Waals surface area contributed by atoms with E-state index in [2.05, 4.69) is 9.80 Å². The number of nitrogens with zero attached hydrogens (tertiary/aromatic N) is 4. The molecular formula is C19H25FN4O2. The Hall–Kier alpha value is -2.28. The van der Waals surface area contributed by atoms with Gasteiger partial charge in [-0.1, -0.05) is 0 Å². The molecule has 4 rings (SSSR count). The molecule has 1 N–H and O–H groups in total. The summed E-state index contributed by atoms with van der Waals surface area (Å²) in [5, 5.41) is 10.4. The van der Waals surface area contributed by atoms with E-state index in [0.29, 0.717) is 13.1 Å². The van der Waals surface area contributed by atoms with E-state index in [1.54, 1.807) is 4.57 Å². The van der Waals surface area contributed by atoms with Crippen LogP contribution >= 0.6 is 0 Å².